The normalized spacial score (nSPS) is 19.8. The maximum atomic E-state index is 13.1. The molecule has 0 aromatic rings. The number of carbonyl (C=O) groups is 1. The number of rotatable bonds is 50. The fraction of sp³-hybridized carbons (Fsp3) is 0.734. The Morgan fingerprint density at radius 1 is 0.479 bits per heavy atom. The van der Waals surface area contributed by atoms with Crippen LogP contribution in [0, 0.1) is 0 Å². The molecule has 7 unspecified atom stereocenters. The summed E-state index contributed by atoms with van der Waals surface area (Å²) in [5.41, 5.74) is 0. The lowest BCUT2D eigenvalue weighted by Crippen LogP contribution is -2.60. The fourth-order valence-corrected chi connectivity index (χ4v) is 9.00. The summed E-state index contributed by atoms with van der Waals surface area (Å²) in [6, 6.07) is -0.727. The number of aliphatic hydroxyl groups excluding tert-OH is 5. The largest absolute Gasteiger partial charge is 0.394 e. The van der Waals surface area contributed by atoms with E-state index < -0.39 is 49.5 Å². The van der Waals surface area contributed by atoms with Crippen LogP contribution < -0.4 is 5.32 Å². The van der Waals surface area contributed by atoms with Crippen molar-refractivity contribution in [1.82, 2.24) is 5.32 Å². The number of ether oxygens (including phenoxy) is 2. The number of amides is 1. The molecule has 9 nitrogen and oxygen atoms in total. The van der Waals surface area contributed by atoms with Gasteiger partial charge in [-0.15, -0.1) is 0 Å². The second-order valence-electron chi connectivity index (χ2n) is 20.4. The van der Waals surface area contributed by atoms with Crippen molar-refractivity contribution in [3.05, 3.63) is 97.2 Å². The highest BCUT2D eigenvalue weighted by molar-refractivity contribution is 5.76. The van der Waals surface area contributed by atoms with Crippen molar-refractivity contribution in [3.8, 4) is 0 Å². The maximum Gasteiger partial charge on any atom is 0.220 e. The Balaban J connectivity index is 2.16. The van der Waals surface area contributed by atoms with Gasteiger partial charge in [-0.05, 0) is 77.0 Å². The smallest absolute Gasteiger partial charge is 0.220 e. The summed E-state index contributed by atoms with van der Waals surface area (Å²) in [7, 11) is 0. The number of carbonyl (C=O) groups excluding carboxylic acids is 1. The minimum atomic E-state index is -1.56. The summed E-state index contributed by atoms with van der Waals surface area (Å²) in [4.78, 5) is 13.1. The molecule has 73 heavy (non-hydrogen) atoms. The number of nitrogens with one attached hydrogen (secondary N) is 1. The van der Waals surface area contributed by atoms with E-state index in [0.29, 0.717) is 12.8 Å². The maximum absolute atomic E-state index is 13.1. The van der Waals surface area contributed by atoms with Crippen LogP contribution in [0.15, 0.2) is 97.2 Å². The predicted octanol–water partition coefficient (Wildman–Crippen LogP) is 15.2. The summed E-state index contributed by atoms with van der Waals surface area (Å²) >= 11 is 0. The Bertz CT molecular complexity index is 1460. The molecule has 9 heteroatoms. The van der Waals surface area contributed by atoms with Gasteiger partial charge in [0.05, 0.1) is 25.4 Å². The summed E-state index contributed by atoms with van der Waals surface area (Å²) in [6.45, 7) is 3.72. The van der Waals surface area contributed by atoms with Crippen LogP contribution >= 0.6 is 0 Å². The zero-order valence-corrected chi connectivity index (χ0v) is 46.6. The number of hydrogen-bond donors (Lipinski definition) is 6. The van der Waals surface area contributed by atoms with Gasteiger partial charge in [-0.1, -0.05) is 259 Å². The zero-order valence-electron chi connectivity index (χ0n) is 46.6. The molecule has 7 atom stereocenters. The Hall–Kier alpha value is -2.89. The molecule has 1 heterocycles. The van der Waals surface area contributed by atoms with Crippen molar-refractivity contribution in [3.63, 3.8) is 0 Å². The summed E-state index contributed by atoms with van der Waals surface area (Å²) in [6.07, 6.45) is 68.6. The highest BCUT2D eigenvalue weighted by atomic mass is 16.7. The molecule has 1 fully saturated rings. The second kappa shape index (κ2) is 52.5. The van der Waals surface area contributed by atoms with Crippen molar-refractivity contribution in [2.75, 3.05) is 13.2 Å². The number of aliphatic hydroxyl groups is 5. The standard InChI is InChI=1S/C64H111NO8/c1-3-5-7-9-11-13-15-17-19-20-21-22-23-24-25-26-27-28-29-30-31-32-33-34-35-36-37-38-40-42-44-46-48-50-52-54-60(68)65-57(56-72-64-63(71)62(70)61(69)59(55-66)73-64)58(67)53-51-49-47-45-43-41-39-18-16-14-12-10-8-6-4-2/h5,7,11,13,17,19,21-22,24-25,27-28,30-31,33-34,57-59,61-64,66-67,69-71H,3-4,6,8-10,12,14-16,18,20,23,26,29,32,35-56H2,1-2H3,(H,65,68)/b7-5-,13-11-,19-17-,22-21-,25-24-,28-27-,31-30-,34-33-. The van der Waals surface area contributed by atoms with Crippen molar-refractivity contribution in [1.29, 1.82) is 0 Å². The first kappa shape index (κ1) is 68.1. The number of unbranched alkanes of at least 4 members (excludes halogenated alkanes) is 24. The van der Waals surface area contributed by atoms with Crippen LogP contribution in [-0.2, 0) is 14.3 Å². The Morgan fingerprint density at radius 3 is 1.26 bits per heavy atom. The molecule has 0 radical (unpaired) electrons. The van der Waals surface area contributed by atoms with Gasteiger partial charge in [0.1, 0.15) is 24.4 Å². The Kier molecular flexibility index (Phi) is 49.0. The second-order valence-corrected chi connectivity index (χ2v) is 20.4. The first-order valence-corrected chi connectivity index (χ1v) is 29.9. The van der Waals surface area contributed by atoms with Crippen molar-refractivity contribution < 1.29 is 39.8 Å². The van der Waals surface area contributed by atoms with E-state index in [-0.39, 0.29) is 12.5 Å². The molecule has 420 valence electrons. The van der Waals surface area contributed by atoms with Crippen molar-refractivity contribution in [2.24, 2.45) is 0 Å². The molecule has 1 rings (SSSR count). The Morgan fingerprint density at radius 2 is 0.849 bits per heavy atom. The molecule has 1 saturated heterocycles. The van der Waals surface area contributed by atoms with Crippen molar-refractivity contribution >= 4 is 5.91 Å². The van der Waals surface area contributed by atoms with Gasteiger partial charge in [0.2, 0.25) is 5.91 Å². The van der Waals surface area contributed by atoms with Gasteiger partial charge in [0, 0.05) is 6.42 Å². The van der Waals surface area contributed by atoms with Crippen LogP contribution in [0.3, 0.4) is 0 Å². The molecule has 0 aliphatic carbocycles. The van der Waals surface area contributed by atoms with Crippen LogP contribution in [0.2, 0.25) is 0 Å². The van der Waals surface area contributed by atoms with Crippen LogP contribution in [0.25, 0.3) is 0 Å². The van der Waals surface area contributed by atoms with E-state index in [1.54, 1.807) is 0 Å². The summed E-state index contributed by atoms with van der Waals surface area (Å²) < 4.78 is 11.3. The molecule has 0 spiro atoms. The topological polar surface area (TPSA) is 149 Å². The predicted molar refractivity (Wildman–Crippen MR) is 308 cm³/mol. The van der Waals surface area contributed by atoms with Gasteiger partial charge in [-0.2, -0.15) is 0 Å². The average Bonchev–Trinajstić information content (AvgIpc) is 3.39. The van der Waals surface area contributed by atoms with Gasteiger partial charge in [-0.3, -0.25) is 4.79 Å². The van der Waals surface area contributed by atoms with E-state index in [1.807, 2.05) is 0 Å². The molecule has 1 aliphatic rings. The molecule has 1 amide bonds. The lowest BCUT2D eigenvalue weighted by Gasteiger charge is -2.40. The minimum absolute atomic E-state index is 0.143. The van der Waals surface area contributed by atoms with E-state index in [1.165, 1.54) is 122 Å². The third kappa shape index (κ3) is 42.0. The summed E-state index contributed by atoms with van der Waals surface area (Å²) in [5, 5.41) is 54.7. The number of hydrogen-bond acceptors (Lipinski definition) is 8. The van der Waals surface area contributed by atoms with E-state index in [9.17, 15) is 30.3 Å². The summed E-state index contributed by atoms with van der Waals surface area (Å²) in [5.74, 6) is -0.152. The highest BCUT2D eigenvalue weighted by Crippen LogP contribution is 2.23. The van der Waals surface area contributed by atoms with Crippen LogP contribution in [0.1, 0.15) is 245 Å². The van der Waals surface area contributed by atoms with Crippen LogP contribution in [0.5, 0.6) is 0 Å². The van der Waals surface area contributed by atoms with Gasteiger partial charge in [0.15, 0.2) is 6.29 Å². The molecular formula is C64H111NO8. The fourth-order valence-electron chi connectivity index (χ4n) is 9.00. The SMILES string of the molecule is CC/C=C\C/C=C\C/C=C\C/C=C\C/C=C\C/C=C\C/C=C\C/C=C\CCCCCCCCCCCCC(=O)NC(COC1OC(CO)C(O)C(O)C1O)C(O)CCCCCCCCCCCCCCCCC. The lowest BCUT2D eigenvalue weighted by atomic mass is 9.99. The molecule has 0 aromatic carbocycles. The molecule has 0 bridgehead atoms. The lowest BCUT2D eigenvalue weighted by molar-refractivity contribution is -0.302. The molecule has 6 N–H and O–H groups in total. The van der Waals surface area contributed by atoms with Crippen LogP contribution in [-0.4, -0.2) is 87.5 Å². The molecule has 1 aliphatic heterocycles. The Labute approximate surface area is 447 Å². The van der Waals surface area contributed by atoms with E-state index in [0.717, 1.165) is 96.3 Å². The number of allylic oxidation sites excluding steroid dienone is 16. The van der Waals surface area contributed by atoms with E-state index in [2.05, 4.69) is 116 Å². The highest BCUT2D eigenvalue weighted by Gasteiger charge is 2.44. The monoisotopic (exact) mass is 1020 g/mol. The third-order valence-electron chi connectivity index (χ3n) is 13.7. The van der Waals surface area contributed by atoms with Gasteiger partial charge in [-0.25, -0.2) is 0 Å². The molecule has 0 saturated carbocycles. The van der Waals surface area contributed by atoms with E-state index >= 15 is 0 Å². The first-order valence-electron chi connectivity index (χ1n) is 29.9. The quantitative estimate of drug-likeness (QED) is 0.0261. The first-order chi connectivity index (χ1) is 35.8. The third-order valence-corrected chi connectivity index (χ3v) is 13.7. The zero-order chi connectivity index (χ0) is 52.9. The van der Waals surface area contributed by atoms with Crippen molar-refractivity contribution in [2.45, 2.75) is 288 Å². The van der Waals surface area contributed by atoms with Gasteiger partial charge >= 0.3 is 0 Å². The van der Waals surface area contributed by atoms with Crippen LogP contribution in [0.4, 0.5) is 0 Å². The molecular weight excluding hydrogens is 911 g/mol. The average molecular weight is 1020 g/mol. The minimum Gasteiger partial charge on any atom is -0.394 e. The van der Waals surface area contributed by atoms with Gasteiger partial charge < -0.3 is 40.3 Å². The van der Waals surface area contributed by atoms with Gasteiger partial charge in [0.25, 0.3) is 0 Å². The van der Waals surface area contributed by atoms with E-state index in [4.69, 9.17) is 9.47 Å². The molecule has 0 aromatic heterocycles.